The smallest absolute Gasteiger partial charge is 0.273 e. The van der Waals surface area contributed by atoms with Gasteiger partial charge in [0.1, 0.15) is 16.5 Å². The van der Waals surface area contributed by atoms with Crippen molar-refractivity contribution in [2.75, 3.05) is 19.7 Å². The average Bonchev–Trinajstić information content (AvgIpc) is 3.19. The fraction of sp³-hybridized carbons (Fsp3) is 0.474. The highest BCUT2D eigenvalue weighted by molar-refractivity contribution is 7.13. The number of halogens is 2. The quantitative estimate of drug-likeness (QED) is 0.796. The third kappa shape index (κ3) is 4.57. The number of ether oxygens (including phenoxy) is 1. The Morgan fingerprint density at radius 1 is 1.22 bits per heavy atom. The van der Waals surface area contributed by atoms with E-state index >= 15 is 0 Å². The van der Waals surface area contributed by atoms with Gasteiger partial charge in [0.15, 0.2) is 0 Å². The minimum absolute atomic E-state index is 0. The van der Waals surface area contributed by atoms with E-state index in [-0.39, 0.29) is 30.7 Å². The van der Waals surface area contributed by atoms with E-state index in [4.69, 9.17) is 4.74 Å². The van der Waals surface area contributed by atoms with E-state index in [1.165, 1.54) is 11.3 Å². The fourth-order valence-corrected chi connectivity index (χ4v) is 4.61. The Morgan fingerprint density at radius 2 is 1.96 bits per heavy atom. The highest BCUT2D eigenvalue weighted by atomic mass is 35.5. The van der Waals surface area contributed by atoms with E-state index in [0.717, 1.165) is 48.7 Å². The largest absolute Gasteiger partial charge is 0.494 e. The number of benzene rings is 1. The Kier molecular flexibility index (Phi) is 7.91. The lowest BCUT2D eigenvalue weighted by Gasteiger charge is -2.27. The van der Waals surface area contributed by atoms with Gasteiger partial charge in [-0.15, -0.1) is 36.2 Å². The molecule has 8 heteroatoms. The minimum Gasteiger partial charge on any atom is -0.494 e. The van der Waals surface area contributed by atoms with Crippen LogP contribution in [-0.2, 0) is 0 Å². The fourth-order valence-electron chi connectivity index (χ4n) is 3.81. The topological polar surface area (TPSA) is 54.5 Å². The van der Waals surface area contributed by atoms with Gasteiger partial charge in [-0.25, -0.2) is 4.98 Å². The van der Waals surface area contributed by atoms with Crippen LogP contribution in [0.1, 0.15) is 36.7 Å². The first kappa shape index (κ1) is 22.0. The number of hydrogen-bond donors (Lipinski definition) is 1. The number of aromatic nitrogens is 1. The number of amides is 1. The van der Waals surface area contributed by atoms with Crippen LogP contribution in [0.3, 0.4) is 0 Å². The summed E-state index contributed by atoms with van der Waals surface area (Å²) in [7, 11) is 0. The number of rotatable bonds is 4. The minimum atomic E-state index is 0. The zero-order valence-electron chi connectivity index (χ0n) is 15.2. The highest BCUT2D eigenvalue weighted by Crippen LogP contribution is 2.31. The second-order valence-corrected chi connectivity index (χ2v) is 7.44. The van der Waals surface area contributed by atoms with Crippen LogP contribution >= 0.6 is 36.2 Å². The summed E-state index contributed by atoms with van der Waals surface area (Å²) in [6, 6.07) is 8.57. The first-order valence-corrected chi connectivity index (χ1v) is 9.86. The van der Waals surface area contributed by atoms with Crippen molar-refractivity contribution < 1.29 is 9.53 Å². The summed E-state index contributed by atoms with van der Waals surface area (Å²) in [6.07, 6.45) is 3.26. The van der Waals surface area contributed by atoms with Gasteiger partial charge in [-0.1, -0.05) is 0 Å². The molecule has 3 heterocycles. The van der Waals surface area contributed by atoms with E-state index in [1.807, 2.05) is 36.6 Å². The summed E-state index contributed by atoms with van der Waals surface area (Å²) in [4.78, 5) is 19.7. The summed E-state index contributed by atoms with van der Waals surface area (Å²) in [5.74, 6) is 0.942. The number of hydrogen-bond acceptors (Lipinski definition) is 5. The molecule has 4 rings (SSSR count). The number of fused-ring (bicyclic) bond motifs is 2. The number of nitrogens with zero attached hydrogens (tertiary/aromatic N) is 2. The molecule has 0 saturated carbocycles. The van der Waals surface area contributed by atoms with Crippen molar-refractivity contribution in [1.29, 1.82) is 0 Å². The number of nitrogens with one attached hydrogen (secondary N) is 1. The van der Waals surface area contributed by atoms with Gasteiger partial charge in [0.2, 0.25) is 0 Å². The zero-order valence-corrected chi connectivity index (χ0v) is 17.7. The molecule has 148 valence electrons. The van der Waals surface area contributed by atoms with Gasteiger partial charge < -0.3 is 15.0 Å². The van der Waals surface area contributed by atoms with Crippen LogP contribution in [0.25, 0.3) is 10.6 Å². The maximum atomic E-state index is 13.0. The third-order valence-corrected chi connectivity index (χ3v) is 5.92. The summed E-state index contributed by atoms with van der Waals surface area (Å²) >= 11 is 1.53. The summed E-state index contributed by atoms with van der Waals surface area (Å²) in [5, 5.41) is 6.21. The molecule has 0 spiro atoms. The van der Waals surface area contributed by atoms with Crippen LogP contribution in [0.4, 0.5) is 0 Å². The van der Waals surface area contributed by atoms with Crippen molar-refractivity contribution in [3.8, 4) is 16.3 Å². The van der Waals surface area contributed by atoms with Crippen LogP contribution in [0.15, 0.2) is 29.6 Å². The van der Waals surface area contributed by atoms with Gasteiger partial charge in [-0.05, 0) is 57.0 Å². The van der Waals surface area contributed by atoms with Crippen molar-refractivity contribution >= 4 is 42.1 Å². The summed E-state index contributed by atoms with van der Waals surface area (Å²) in [6.45, 7) is 4.53. The molecule has 2 atom stereocenters. The van der Waals surface area contributed by atoms with Crippen molar-refractivity contribution in [3.05, 3.63) is 35.3 Å². The molecule has 1 aromatic heterocycles. The van der Waals surface area contributed by atoms with Crippen LogP contribution in [0, 0.1) is 0 Å². The molecule has 2 aromatic rings. The number of carbonyl (C=O) groups excluding carboxylic acids is 1. The zero-order chi connectivity index (χ0) is 17.2. The molecule has 27 heavy (non-hydrogen) atoms. The molecule has 0 aliphatic carbocycles. The molecule has 2 saturated heterocycles. The highest BCUT2D eigenvalue weighted by Gasteiger charge is 2.39. The maximum Gasteiger partial charge on any atom is 0.273 e. The summed E-state index contributed by atoms with van der Waals surface area (Å²) in [5.41, 5.74) is 1.60. The van der Waals surface area contributed by atoms with Gasteiger partial charge in [-0.3, -0.25) is 4.79 Å². The third-order valence-electron chi connectivity index (χ3n) is 5.02. The first-order chi connectivity index (χ1) is 12.3. The predicted molar refractivity (Wildman–Crippen MR) is 114 cm³/mol. The maximum absolute atomic E-state index is 13.0. The summed E-state index contributed by atoms with van der Waals surface area (Å²) < 4.78 is 5.48. The normalized spacial score (nSPS) is 21.0. The lowest BCUT2D eigenvalue weighted by Crippen LogP contribution is -2.42. The standard InChI is InChI=1S/C19H23N3O2S.2ClH/c1-2-24-16-7-3-13(4-8-16)18-21-17(12-25-18)19(23)22-14-5-6-15(22)11-20-10-9-14;;/h3-4,7-8,12,14-15,20H,2,5-6,9-11H2,1H3;2*1H. The van der Waals surface area contributed by atoms with E-state index < -0.39 is 0 Å². The van der Waals surface area contributed by atoms with Gasteiger partial charge in [0.05, 0.1) is 6.61 Å². The molecule has 0 radical (unpaired) electrons. The van der Waals surface area contributed by atoms with E-state index in [0.29, 0.717) is 24.4 Å². The molecule has 2 aliphatic rings. The number of carbonyl (C=O) groups is 1. The second-order valence-electron chi connectivity index (χ2n) is 6.59. The predicted octanol–water partition coefficient (Wildman–Crippen LogP) is 4.02. The molecule has 2 fully saturated rings. The van der Waals surface area contributed by atoms with Crippen LogP contribution < -0.4 is 10.1 Å². The van der Waals surface area contributed by atoms with Crippen LogP contribution in [0.2, 0.25) is 0 Å². The van der Waals surface area contributed by atoms with Gasteiger partial charge in [0.25, 0.3) is 5.91 Å². The molecule has 2 unspecified atom stereocenters. The Morgan fingerprint density at radius 3 is 2.70 bits per heavy atom. The first-order valence-electron chi connectivity index (χ1n) is 8.98. The van der Waals surface area contributed by atoms with Gasteiger partial charge >= 0.3 is 0 Å². The Hall–Kier alpha value is -1.34. The molecule has 1 amide bonds. The van der Waals surface area contributed by atoms with Crippen molar-refractivity contribution in [1.82, 2.24) is 15.2 Å². The van der Waals surface area contributed by atoms with Crippen molar-refractivity contribution in [3.63, 3.8) is 0 Å². The van der Waals surface area contributed by atoms with Crippen molar-refractivity contribution in [2.45, 2.75) is 38.3 Å². The molecule has 5 nitrogen and oxygen atoms in total. The molecule has 1 N–H and O–H groups in total. The van der Waals surface area contributed by atoms with Crippen molar-refractivity contribution in [2.24, 2.45) is 0 Å². The Labute approximate surface area is 176 Å². The average molecular weight is 430 g/mol. The molecule has 1 aromatic carbocycles. The van der Waals surface area contributed by atoms with E-state index in [2.05, 4.69) is 15.2 Å². The number of thiazole rings is 1. The lowest BCUT2D eigenvalue weighted by atomic mass is 10.1. The lowest BCUT2D eigenvalue weighted by molar-refractivity contribution is 0.0675. The molecular weight excluding hydrogens is 405 g/mol. The van der Waals surface area contributed by atoms with Gasteiger partial charge in [0, 0.05) is 29.6 Å². The van der Waals surface area contributed by atoms with E-state index in [9.17, 15) is 4.79 Å². The van der Waals surface area contributed by atoms with E-state index in [1.54, 1.807) is 0 Å². The molecular formula is C19H25Cl2N3O2S. The van der Waals surface area contributed by atoms with Crippen LogP contribution in [-0.4, -0.2) is 47.6 Å². The second kappa shape index (κ2) is 9.73. The Balaban J connectivity index is 0.00000131. The Bertz CT molecular complexity index is 740. The SMILES string of the molecule is CCOc1ccc(-c2nc(C(=O)N3C4CCNCC3CC4)cs2)cc1.Cl.Cl. The monoisotopic (exact) mass is 429 g/mol. The van der Waals surface area contributed by atoms with Crippen LogP contribution in [0.5, 0.6) is 5.75 Å². The van der Waals surface area contributed by atoms with Gasteiger partial charge in [-0.2, -0.15) is 0 Å². The molecule has 2 aliphatic heterocycles. The molecule has 2 bridgehead atoms.